The van der Waals surface area contributed by atoms with E-state index < -0.39 is 0 Å². The van der Waals surface area contributed by atoms with Crippen molar-refractivity contribution >= 4 is 34.6 Å². The molecule has 3 rings (SSSR count). The second-order valence-electron chi connectivity index (χ2n) is 6.15. The number of benzene rings is 3. The van der Waals surface area contributed by atoms with Crippen LogP contribution in [0.25, 0.3) is 0 Å². The highest BCUT2D eigenvalue weighted by molar-refractivity contribution is 7.80. The Morgan fingerprint density at radius 1 is 1.00 bits per heavy atom. The first-order valence-electron chi connectivity index (χ1n) is 8.60. The molecule has 3 aromatic carbocycles. The molecule has 0 aliphatic carbocycles. The molecule has 0 aliphatic rings. The van der Waals surface area contributed by atoms with Gasteiger partial charge in [0.15, 0.2) is 5.11 Å². The first-order valence-corrected chi connectivity index (χ1v) is 9.38. The average Bonchev–Trinajstić information content (AvgIpc) is 2.68. The third kappa shape index (κ3) is 4.79. The van der Waals surface area contributed by atoms with Gasteiger partial charge in [0.05, 0.1) is 18.2 Å². The van der Waals surface area contributed by atoms with Gasteiger partial charge in [-0.05, 0) is 54.0 Å². The van der Waals surface area contributed by atoms with Gasteiger partial charge in [0.2, 0.25) is 0 Å². The van der Waals surface area contributed by atoms with Crippen molar-refractivity contribution in [1.29, 1.82) is 0 Å². The minimum atomic E-state index is -0.0545. The number of hydrogen-bond donors (Lipinski definition) is 2. The van der Waals surface area contributed by atoms with Crippen molar-refractivity contribution < 1.29 is 4.74 Å². The molecule has 0 heterocycles. The topological polar surface area (TPSA) is 33.3 Å². The standard InChI is InChI=1S/C22H21ClN2OS/c1-15-8-6-7-11-18(15)21(16-9-4-3-5-10-16)25-22(27)24-17-12-13-20(26-2)19(23)14-17/h3-14,21H,1-2H3,(H2,24,25,27)/t21-/m0/s1. The predicted molar refractivity (Wildman–Crippen MR) is 117 cm³/mol. The Balaban J connectivity index is 1.83. The summed E-state index contributed by atoms with van der Waals surface area (Å²) in [5.41, 5.74) is 4.33. The van der Waals surface area contributed by atoms with E-state index in [4.69, 9.17) is 28.6 Å². The van der Waals surface area contributed by atoms with E-state index in [-0.39, 0.29) is 6.04 Å². The van der Waals surface area contributed by atoms with Crippen molar-refractivity contribution in [3.05, 3.63) is 94.5 Å². The summed E-state index contributed by atoms with van der Waals surface area (Å²) in [7, 11) is 1.59. The van der Waals surface area contributed by atoms with Gasteiger partial charge >= 0.3 is 0 Å². The molecule has 0 bridgehead atoms. The SMILES string of the molecule is COc1ccc(NC(=S)N[C@@H](c2ccccc2)c2ccccc2C)cc1Cl. The molecule has 0 unspecified atom stereocenters. The molecule has 0 fully saturated rings. The van der Waals surface area contributed by atoms with E-state index in [2.05, 4.69) is 41.8 Å². The van der Waals surface area contributed by atoms with E-state index in [1.807, 2.05) is 42.5 Å². The molecule has 0 amide bonds. The van der Waals surface area contributed by atoms with Crippen LogP contribution in [0.2, 0.25) is 5.02 Å². The van der Waals surface area contributed by atoms with Crippen molar-refractivity contribution in [2.75, 3.05) is 12.4 Å². The minimum absolute atomic E-state index is 0.0545. The lowest BCUT2D eigenvalue weighted by molar-refractivity contribution is 0.415. The molecule has 0 aliphatic heterocycles. The molecular formula is C22H21ClN2OS. The van der Waals surface area contributed by atoms with Crippen molar-refractivity contribution in [2.24, 2.45) is 0 Å². The fourth-order valence-corrected chi connectivity index (χ4v) is 3.43. The fraction of sp³-hybridized carbons (Fsp3) is 0.136. The van der Waals surface area contributed by atoms with Crippen molar-refractivity contribution in [3.63, 3.8) is 0 Å². The summed E-state index contributed by atoms with van der Waals surface area (Å²) in [6, 6.07) is 24.0. The van der Waals surface area contributed by atoms with Gasteiger partial charge in [-0.15, -0.1) is 0 Å². The zero-order valence-corrected chi connectivity index (χ0v) is 16.8. The van der Waals surface area contributed by atoms with E-state index in [1.54, 1.807) is 13.2 Å². The summed E-state index contributed by atoms with van der Waals surface area (Å²) in [5, 5.41) is 7.69. The number of hydrogen-bond acceptors (Lipinski definition) is 2. The lowest BCUT2D eigenvalue weighted by atomic mass is 9.95. The Morgan fingerprint density at radius 2 is 1.70 bits per heavy atom. The normalized spacial score (nSPS) is 11.5. The molecule has 0 saturated heterocycles. The number of thiocarbonyl (C=S) groups is 1. The highest BCUT2D eigenvalue weighted by Crippen LogP contribution is 2.28. The number of anilines is 1. The number of halogens is 1. The van der Waals surface area contributed by atoms with E-state index in [9.17, 15) is 0 Å². The smallest absolute Gasteiger partial charge is 0.171 e. The molecule has 0 aromatic heterocycles. The summed E-state index contributed by atoms with van der Waals surface area (Å²) in [5.74, 6) is 0.628. The lowest BCUT2D eigenvalue weighted by Gasteiger charge is -2.23. The summed E-state index contributed by atoms with van der Waals surface area (Å²) < 4.78 is 5.19. The van der Waals surface area contributed by atoms with Crippen LogP contribution in [0.15, 0.2) is 72.8 Å². The van der Waals surface area contributed by atoms with Crippen molar-refractivity contribution in [1.82, 2.24) is 5.32 Å². The van der Waals surface area contributed by atoms with Crippen molar-refractivity contribution in [2.45, 2.75) is 13.0 Å². The maximum Gasteiger partial charge on any atom is 0.171 e. The molecule has 3 nitrogen and oxygen atoms in total. The van der Waals surface area contributed by atoms with Gasteiger partial charge in [-0.1, -0.05) is 66.2 Å². The number of rotatable bonds is 5. The average molecular weight is 397 g/mol. The number of nitrogens with one attached hydrogen (secondary N) is 2. The zero-order chi connectivity index (χ0) is 19.2. The summed E-state index contributed by atoms with van der Waals surface area (Å²) in [4.78, 5) is 0. The Bertz CT molecular complexity index is 931. The molecule has 0 radical (unpaired) electrons. The third-order valence-electron chi connectivity index (χ3n) is 4.32. The van der Waals surface area contributed by atoms with Gasteiger partial charge in [-0.25, -0.2) is 0 Å². The first kappa shape index (κ1) is 19.2. The van der Waals surface area contributed by atoms with Gasteiger partial charge in [-0.3, -0.25) is 0 Å². The fourth-order valence-electron chi connectivity index (χ4n) is 2.94. The zero-order valence-electron chi connectivity index (χ0n) is 15.2. The van der Waals surface area contributed by atoms with E-state index in [0.717, 1.165) is 11.3 Å². The van der Waals surface area contributed by atoms with Gasteiger partial charge in [-0.2, -0.15) is 0 Å². The summed E-state index contributed by atoms with van der Waals surface area (Å²) in [6.07, 6.45) is 0. The largest absolute Gasteiger partial charge is 0.495 e. The van der Waals surface area contributed by atoms with Gasteiger partial charge in [0.25, 0.3) is 0 Å². The molecule has 0 spiro atoms. The van der Waals surface area contributed by atoms with Gasteiger partial charge < -0.3 is 15.4 Å². The molecule has 0 saturated carbocycles. The maximum atomic E-state index is 6.20. The van der Waals surface area contributed by atoms with E-state index in [1.165, 1.54) is 11.1 Å². The minimum Gasteiger partial charge on any atom is -0.495 e. The van der Waals surface area contributed by atoms with Crippen LogP contribution in [0.3, 0.4) is 0 Å². The molecule has 3 aromatic rings. The summed E-state index contributed by atoms with van der Waals surface area (Å²) in [6.45, 7) is 2.10. The summed E-state index contributed by atoms with van der Waals surface area (Å²) >= 11 is 11.8. The highest BCUT2D eigenvalue weighted by atomic mass is 35.5. The maximum absolute atomic E-state index is 6.20. The van der Waals surface area contributed by atoms with Crippen LogP contribution in [-0.4, -0.2) is 12.2 Å². The van der Waals surface area contributed by atoms with Crippen LogP contribution < -0.4 is 15.4 Å². The molecule has 2 N–H and O–H groups in total. The van der Waals surface area contributed by atoms with Gasteiger partial charge in [0.1, 0.15) is 5.75 Å². The Hall–Kier alpha value is -2.56. The monoisotopic (exact) mass is 396 g/mol. The Kier molecular flexibility index (Phi) is 6.32. The van der Waals surface area contributed by atoms with Crippen molar-refractivity contribution in [3.8, 4) is 5.75 Å². The molecule has 27 heavy (non-hydrogen) atoms. The van der Waals surface area contributed by atoms with Crippen LogP contribution >= 0.6 is 23.8 Å². The molecular weight excluding hydrogens is 376 g/mol. The predicted octanol–water partition coefficient (Wildman–Crippen LogP) is 5.73. The quantitative estimate of drug-likeness (QED) is 0.539. The molecule has 138 valence electrons. The van der Waals surface area contributed by atoms with Crippen LogP contribution in [0.4, 0.5) is 5.69 Å². The van der Waals surface area contributed by atoms with Crippen LogP contribution in [0, 0.1) is 6.92 Å². The second kappa shape index (κ2) is 8.89. The number of aryl methyl sites for hydroxylation is 1. The third-order valence-corrected chi connectivity index (χ3v) is 4.83. The van der Waals surface area contributed by atoms with Crippen LogP contribution in [0.5, 0.6) is 5.75 Å². The number of ether oxygens (including phenoxy) is 1. The second-order valence-corrected chi connectivity index (χ2v) is 6.96. The van der Waals surface area contributed by atoms with E-state index >= 15 is 0 Å². The molecule has 5 heteroatoms. The lowest BCUT2D eigenvalue weighted by Crippen LogP contribution is -2.33. The van der Waals surface area contributed by atoms with E-state index in [0.29, 0.717) is 15.9 Å². The molecule has 1 atom stereocenters. The van der Waals surface area contributed by atoms with Gasteiger partial charge in [0, 0.05) is 5.69 Å². The Labute approximate surface area is 170 Å². The first-order chi connectivity index (χ1) is 13.1. The van der Waals surface area contributed by atoms with Crippen LogP contribution in [0.1, 0.15) is 22.7 Å². The Morgan fingerprint density at radius 3 is 2.37 bits per heavy atom. The highest BCUT2D eigenvalue weighted by Gasteiger charge is 2.17. The van der Waals surface area contributed by atoms with Crippen LogP contribution in [-0.2, 0) is 0 Å². The number of methoxy groups -OCH3 is 1.